The number of carbonyl (C=O) groups is 1. The molecule has 0 aliphatic rings. The molecule has 0 radical (unpaired) electrons. The lowest BCUT2D eigenvalue weighted by Crippen LogP contribution is -2.11. The number of rotatable bonds is 5. The van der Waals surface area contributed by atoms with Crippen molar-refractivity contribution in [1.82, 2.24) is 0 Å². The van der Waals surface area contributed by atoms with Gasteiger partial charge in [-0.2, -0.15) is 0 Å². The van der Waals surface area contributed by atoms with Crippen molar-refractivity contribution in [3.8, 4) is 5.75 Å². The highest BCUT2D eigenvalue weighted by molar-refractivity contribution is 6.32. The smallest absolute Gasteiger partial charge is 0.224 e. The molecule has 0 bridgehead atoms. The van der Waals surface area contributed by atoms with Crippen molar-refractivity contribution in [2.45, 2.75) is 12.8 Å². The Balaban J connectivity index is 2.61. The SMILES string of the molecule is COc1ccc(NC(=O)CCCCl)cc1Cl. The molecule has 1 amide bonds. The highest BCUT2D eigenvalue weighted by atomic mass is 35.5. The number of anilines is 1. The fourth-order valence-electron chi connectivity index (χ4n) is 1.19. The van der Waals surface area contributed by atoms with Gasteiger partial charge in [-0.15, -0.1) is 11.6 Å². The Labute approximate surface area is 105 Å². The maximum Gasteiger partial charge on any atom is 0.224 e. The van der Waals surface area contributed by atoms with E-state index in [1.807, 2.05) is 0 Å². The van der Waals surface area contributed by atoms with E-state index < -0.39 is 0 Å². The van der Waals surface area contributed by atoms with Crippen LogP contribution in [-0.2, 0) is 4.79 Å². The molecule has 16 heavy (non-hydrogen) atoms. The third kappa shape index (κ3) is 3.91. The summed E-state index contributed by atoms with van der Waals surface area (Å²) in [7, 11) is 1.54. The summed E-state index contributed by atoms with van der Waals surface area (Å²) < 4.78 is 5.01. The lowest BCUT2D eigenvalue weighted by Gasteiger charge is -2.07. The van der Waals surface area contributed by atoms with Crippen LogP contribution in [0.25, 0.3) is 0 Å². The third-order valence-corrected chi connectivity index (χ3v) is 2.54. The first-order chi connectivity index (χ1) is 7.67. The molecule has 0 fully saturated rings. The van der Waals surface area contributed by atoms with E-state index in [2.05, 4.69) is 5.32 Å². The molecule has 0 unspecified atom stereocenters. The molecule has 3 nitrogen and oxygen atoms in total. The zero-order chi connectivity index (χ0) is 12.0. The molecule has 0 aliphatic carbocycles. The first-order valence-electron chi connectivity index (χ1n) is 4.86. The van der Waals surface area contributed by atoms with E-state index in [1.54, 1.807) is 25.3 Å². The van der Waals surface area contributed by atoms with Crippen LogP contribution in [0.2, 0.25) is 5.02 Å². The van der Waals surface area contributed by atoms with Gasteiger partial charge in [0.05, 0.1) is 12.1 Å². The standard InChI is InChI=1S/C11H13Cl2NO2/c1-16-10-5-4-8(7-9(10)13)14-11(15)3-2-6-12/h4-5,7H,2-3,6H2,1H3,(H,14,15). The van der Waals surface area contributed by atoms with Crippen LogP contribution in [0.3, 0.4) is 0 Å². The van der Waals surface area contributed by atoms with Crippen LogP contribution in [0, 0.1) is 0 Å². The number of benzene rings is 1. The predicted molar refractivity (Wildman–Crippen MR) is 66.6 cm³/mol. The van der Waals surface area contributed by atoms with E-state index in [9.17, 15) is 4.79 Å². The average molecular weight is 262 g/mol. The molecular weight excluding hydrogens is 249 g/mol. The minimum Gasteiger partial charge on any atom is -0.495 e. The summed E-state index contributed by atoms with van der Waals surface area (Å²) in [5, 5.41) is 3.20. The Morgan fingerprint density at radius 2 is 2.25 bits per heavy atom. The fraction of sp³-hybridized carbons (Fsp3) is 0.364. The van der Waals surface area contributed by atoms with Crippen LogP contribution in [0.15, 0.2) is 18.2 Å². The van der Waals surface area contributed by atoms with Crippen molar-refractivity contribution in [2.24, 2.45) is 0 Å². The second-order valence-electron chi connectivity index (χ2n) is 3.19. The maximum atomic E-state index is 11.4. The van der Waals surface area contributed by atoms with E-state index in [0.29, 0.717) is 35.2 Å². The Morgan fingerprint density at radius 1 is 1.50 bits per heavy atom. The quantitative estimate of drug-likeness (QED) is 0.827. The molecule has 1 N–H and O–H groups in total. The molecule has 0 saturated heterocycles. The zero-order valence-electron chi connectivity index (χ0n) is 8.93. The predicted octanol–water partition coefficient (Wildman–Crippen LogP) is 3.31. The third-order valence-electron chi connectivity index (χ3n) is 1.97. The van der Waals surface area contributed by atoms with Gasteiger partial charge in [0.2, 0.25) is 5.91 Å². The van der Waals surface area contributed by atoms with Crippen molar-refractivity contribution in [1.29, 1.82) is 0 Å². The average Bonchev–Trinajstić information content (AvgIpc) is 2.26. The number of methoxy groups -OCH3 is 1. The lowest BCUT2D eigenvalue weighted by atomic mass is 10.2. The van der Waals surface area contributed by atoms with Crippen molar-refractivity contribution in [3.05, 3.63) is 23.2 Å². The number of hydrogen-bond donors (Lipinski definition) is 1. The Kier molecular flexibility index (Phi) is 5.43. The molecular formula is C11H13Cl2NO2. The number of amides is 1. The van der Waals surface area contributed by atoms with Gasteiger partial charge in [0.25, 0.3) is 0 Å². The minimum atomic E-state index is -0.0677. The van der Waals surface area contributed by atoms with Gasteiger partial charge in [0, 0.05) is 18.0 Å². The first-order valence-corrected chi connectivity index (χ1v) is 5.78. The number of carbonyl (C=O) groups excluding carboxylic acids is 1. The number of hydrogen-bond acceptors (Lipinski definition) is 2. The summed E-state index contributed by atoms with van der Waals surface area (Å²) in [5.41, 5.74) is 0.658. The normalized spacial score (nSPS) is 9.94. The summed E-state index contributed by atoms with van der Waals surface area (Å²) in [6, 6.07) is 5.10. The molecule has 0 heterocycles. The summed E-state index contributed by atoms with van der Waals surface area (Å²) in [5.74, 6) is 0.999. The topological polar surface area (TPSA) is 38.3 Å². The van der Waals surface area contributed by atoms with Gasteiger partial charge >= 0.3 is 0 Å². The molecule has 0 aliphatic heterocycles. The summed E-state index contributed by atoms with van der Waals surface area (Å²) >= 11 is 11.4. The summed E-state index contributed by atoms with van der Waals surface area (Å²) in [4.78, 5) is 11.4. The van der Waals surface area contributed by atoms with Crippen LogP contribution in [0.4, 0.5) is 5.69 Å². The maximum absolute atomic E-state index is 11.4. The van der Waals surface area contributed by atoms with Crippen molar-refractivity contribution in [3.63, 3.8) is 0 Å². The van der Waals surface area contributed by atoms with Gasteiger partial charge in [-0.25, -0.2) is 0 Å². The number of ether oxygens (including phenoxy) is 1. The van der Waals surface area contributed by atoms with Gasteiger partial charge in [-0.1, -0.05) is 11.6 Å². The second kappa shape index (κ2) is 6.61. The first kappa shape index (κ1) is 13.1. The van der Waals surface area contributed by atoms with E-state index in [1.165, 1.54) is 0 Å². The number of alkyl halides is 1. The van der Waals surface area contributed by atoms with Crippen LogP contribution in [-0.4, -0.2) is 18.9 Å². The number of nitrogens with one attached hydrogen (secondary N) is 1. The molecule has 1 aromatic rings. The van der Waals surface area contributed by atoms with Crippen LogP contribution in [0.5, 0.6) is 5.75 Å². The fourth-order valence-corrected chi connectivity index (χ4v) is 1.59. The van der Waals surface area contributed by atoms with Gasteiger partial charge < -0.3 is 10.1 Å². The monoisotopic (exact) mass is 261 g/mol. The van der Waals surface area contributed by atoms with Gasteiger partial charge in [-0.05, 0) is 24.6 Å². The van der Waals surface area contributed by atoms with Crippen LogP contribution < -0.4 is 10.1 Å². The van der Waals surface area contributed by atoms with E-state index >= 15 is 0 Å². The second-order valence-corrected chi connectivity index (χ2v) is 3.98. The van der Waals surface area contributed by atoms with E-state index in [0.717, 1.165) is 0 Å². The molecule has 0 saturated carbocycles. The zero-order valence-corrected chi connectivity index (χ0v) is 10.4. The van der Waals surface area contributed by atoms with Crippen LogP contribution >= 0.6 is 23.2 Å². The minimum absolute atomic E-state index is 0.0677. The molecule has 5 heteroatoms. The van der Waals surface area contributed by atoms with Gasteiger partial charge in [-0.3, -0.25) is 4.79 Å². The van der Waals surface area contributed by atoms with E-state index in [-0.39, 0.29) is 5.91 Å². The highest BCUT2D eigenvalue weighted by Gasteiger charge is 2.05. The summed E-state index contributed by atoms with van der Waals surface area (Å²) in [6.07, 6.45) is 1.07. The van der Waals surface area contributed by atoms with Crippen molar-refractivity contribution < 1.29 is 9.53 Å². The lowest BCUT2D eigenvalue weighted by molar-refractivity contribution is -0.116. The molecule has 0 aromatic heterocycles. The molecule has 1 rings (SSSR count). The van der Waals surface area contributed by atoms with E-state index in [4.69, 9.17) is 27.9 Å². The van der Waals surface area contributed by atoms with Crippen LogP contribution in [0.1, 0.15) is 12.8 Å². The Morgan fingerprint density at radius 3 is 2.81 bits per heavy atom. The van der Waals surface area contributed by atoms with Crippen molar-refractivity contribution in [2.75, 3.05) is 18.3 Å². The Hall–Kier alpha value is -0.930. The molecule has 1 aromatic carbocycles. The molecule has 88 valence electrons. The largest absolute Gasteiger partial charge is 0.495 e. The number of halogens is 2. The molecule has 0 atom stereocenters. The molecule has 0 spiro atoms. The Bertz CT molecular complexity index is 369. The van der Waals surface area contributed by atoms with Gasteiger partial charge in [0.1, 0.15) is 5.75 Å². The van der Waals surface area contributed by atoms with Crippen molar-refractivity contribution >= 4 is 34.8 Å². The highest BCUT2D eigenvalue weighted by Crippen LogP contribution is 2.27. The summed E-state index contributed by atoms with van der Waals surface area (Å²) in [6.45, 7) is 0. The van der Waals surface area contributed by atoms with Gasteiger partial charge in [0.15, 0.2) is 0 Å².